The molecule has 0 aliphatic heterocycles. The van der Waals surface area contributed by atoms with Crippen molar-refractivity contribution in [2.75, 3.05) is 20.6 Å². The highest BCUT2D eigenvalue weighted by Gasteiger charge is 2.29. The van der Waals surface area contributed by atoms with Crippen molar-refractivity contribution in [1.29, 1.82) is 0 Å². The minimum Gasteiger partial charge on any atom is -0.478 e. The zero-order valence-electron chi connectivity index (χ0n) is 15.6. The van der Waals surface area contributed by atoms with E-state index in [4.69, 9.17) is 0 Å². The summed E-state index contributed by atoms with van der Waals surface area (Å²) in [5.74, 6) is 0.290. The molecule has 3 nitrogen and oxygen atoms in total. The van der Waals surface area contributed by atoms with Gasteiger partial charge in [-0.2, -0.15) is 0 Å². The van der Waals surface area contributed by atoms with Crippen LogP contribution in [0.15, 0.2) is 60.2 Å². The molecular weight excluding hydrogens is 322 g/mol. The third-order valence-electron chi connectivity index (χ3n) is 5.22. The number of allylic oxidation sites excluding steroid dienone is 1. The largest absolute Gasteiger partial charge is 0.478 e. The third kappa shape index (κ3) is 4.61. The first-order valence-corrected chi connectivity index (χ1v) is 9.25. The van der Waals surface area contributed by atoms with Crippen LogP contribution in [-0.4, -0.2) is 36.6 Å². The van der Waals surface area contributed by atoms with Crippen LogP contribution in [0.1, 0.15) is 46.7 Å². The third-order valence-corrected chi connectivity index (χ3v) is 5.22. The summed E-state index contributed by atoms with van der Waals surface area (Å²) in [6.45, 7) is 1.10. The van der Waals surface area contributed by atoms with E-state index in [1.54, 1.807) is 12.1 Å². The van der Waals surface area contributed by atoms with Crippen molar-refractivity contribution in [3.8, 4) is 0 Å². The Kier molecular flexibility index (Phi) is 5.89. The van der Waals surface area contributed by atoms with Gasteiger partial charge in [-0.05, 0) is 68.5 Å². The maximum absolute atomic E-state index is 11.2. The van der Waals surface area contributed by atoms with Crippen molar-refractivity contribution in [3.05, 3.63) is 76.9 Å². The molecule has 26 heavy (non-hydrogen) atoms. The van der Waals surface area contributed by atoms with Crippen molar-refractivity contribution >= 4 is 12.0 Å². The normalized spacial score (nSPS) is 21.9. The Balaban J connectivity index is 1.85. The number of nitrogens with zero attached hydrogens (tertiary/aromatic N) is 1. The molecule has 1 aliphatic rings. The van der Waals surface area contributed by atoms with Gasteiger partial charge in [-0.1, -0.05) is 54.1 Å². The predicted octanol–water partition coefficient (Wildman–Crippen LogP) is 4.91. The van der Waals surface area contributed by atoms with Crippen LogP contribution in [0.2, 0.25) is 0 Å². The van der Waals surface area contributed by atoms with Crippen molar-refractivity contribution in [2.24, 2.45) is 5.92 Å². The van der Waals surface area contributed by atoms with Crippen LogP contribution >= 0.6 is 0 Å². The molecular formula is C23H27NO2. The smallest absolute Gasteiger partial charge is 0.335 e. The topological polar surface area (TPSA) is 40.5 Å². The summed E-state index contributed by atoms with van der Waals surface area (Å²) in [6.07, 6.45) is 5.48. The lowest BCUT2D eigenvalue weighted by Crippen LogP contribution is -2.29. The molecule has 136 valence electrons. The van der Waals surface area contributed by atoms with E-state index in [9.17, 15) is 9.90 Å². The molecule has 0 amide bonds. The van der Waals surface area contributed by atoms with Crippen molar-refractivity contribution < 1.29 is 9.90 Å². The number of carboxylic acids is 1. The van der Waals surface area contributed by atoms with Crippen LogP contribution in [0, 0.1) is 5.92 Å². The summed E-state index contributed by atoms with van der Waals surface area (Å²) in [5, 5.41) is 9.20. The zero-order chi connectivity index (χ0) is 18.5. The van der Waals surface area contributed by atoms with Gasteiger partial charge in [-0.25, -0.2) is 4.79 Å². The second-order valence-electron chi connectivity index (χ2n) is 7.52. The Labute approximate surface area is 156 Å². The van der Waals surface area contributed by atoms with E-state index in [-0.39, 0.29) is 0 Å². The molecule has 1 aliphatic carbocycles. The van der Waals surface area contributed by atoms with E-state index >= 15 is 0 Å². The highest BCUT2D eigenvalue weighted by Crippen LogP contribution is 2.41. The Morgan fingerprint density at radius 1 is 1.15 bits per heavy atom. The first-order valence-electron chi connectivity index (χ1n) is 9.25. The minimum atomic E-state index is -0.873. The average molecular weight is 349 g/mol. The second kappa shape index (κ2) is 8.33. The highest BCUT2D eigenvalue weighted by molar-refractivity contribution is 5.88. The molecule has 3 heteroatoms. The maximum Gasteiger partial charge on any atom is 0.335 e. The van der Waals surface area contributed by atoms with Crippen LogP contribution in [0.4, 0.5) is 0 Å². The fraction of sp³-hybridized carbons (Fsp3) is 0.348. The molecule has 0 saturated heterocycles. The van der Waals surface area contributed by atoms with E-state index in [0.717, 1.165) is 24.9 Å². The molecule has 1 saturated carbocycles. The molecule has 0 spiro atoms. The monoisotopic (exact) mass is 349 g/mol. The Hall–Kier alpha value is -2.39. The van der Waals surface area contributed by atoms with E-state index in [1.807, 2.05) is 12.1 Å². The summed E-state index contributed by atoms with van der Waals surface area (Å²) < 4.78 is 0. The van der Waals surface area contributed by atoms with Crippen LogP contribution in [0.5, 0.6) is 0 Å². The Morgan fingerprint density at radius 3 is 2.62 bits per heavy atom. The lowest BCUT2D eigenvalue weighted by Gasteiger charge is -2.35. The van der Waals surface area contributed by atoms with Gasteiger partial charge in [0.05, 0.1) is 5.56 Å². The van der Waals surface area contributed by atoms with Gasteiger partial charge in [0, 0.05) is 6.54 Å². The van der Waals surface area contributed by atoms with Crippen LogP contribution in [0.3, 0.4) is 0 Å². The van der Waals surface area contributed by atoms with Crippen LogP contribution in [0.25, 0.3) is 6.08 Å². The van der Waals surface area contributed by atoms with Crippen molar-refractivity contribution in [2.45, 2.75) is 25.2 Å². The molecule has 0 aromatic heterocycles. The molecule has 0 unspecified atom stereocenters. The molecule has 2 aromatic carbocycles. The van der Waals surface area contributed by atoms with Crippen molar-refractivity contribution in [1.82, 2.24) is 4.90 Å². The molecule has 0 heterocycles. The van der Waals surface area contributed by atoms with E-state index in [2.05, 4.69) is 55.4 Å². The molecule has 2 atom stereocenters. The van der Waals surface area contributed by atoms with Gasteiger partial charge in [-0.3, -0.25) is 0 Å². The van der Waals surface area contributed by atoms with Crippen LogP contribution in [-0.2, 0) is 0 Å². The molecule has 0 radical (unpaired) electrons. The van der Waals surface area contributed by atoms with Gasteiger partial charge in [0.15, 0.2) is 0 Å². The molecule has 3 rings (SSSR count). The summed E-state index contributed by atoms with van der Waals surface area (Å²) in [5.41, 5.74) is 4.15. The molecule has 2 aromatic rings. The number of carboxylic acid groups (broad SMARTS) is 1. The standard InChI is InChI=1S/C23H27NO2/c1-24(2)16-21-12-11-18(15-22(21)19-8-4-3-5-9-19)13-17-7-6-10-20(14-17)23(25)26/h3-10,13-14,21-22H,11-12,15-16H2,1-2H3,(H,25,26)/b18-13-/t21-,22-/m1/s1. The maximum atomic E-state index is 11.2. The number of rotatable bonds is 5. The lowest BCUT2D eigenvalue weighted by molar-refractivity contribution is 0.0697. The van der Waals surface area contributed by atoms with E-state index in [0.29, 0.717) is 17.4 Å². The first-order chi connectivity index (χ1) is 12.5. The van der Waals surface area contributed by atoms with Crippen LogP contribution < -0.4 is 0 Å². The van der Waals surface area contributed by atoms with Crippen molar-refractivity contribution in [3.63, 3.8) is 0 Å². The van der Waals surface area contributed by atoms with Gasteiger partial charge >= 0.3 is 5.97 Å². The van der Waals surface area contributed by atoms with Gasteiger partial charge < -0.3 is 10.0 Å². The minimum absolute atomic E-state index is 0.347. The fourth-order valence-corrected chi connectivity index (χ4v) is 4.03. The number of aromatic carboxylic acids is 1. The summed E-state index contributed by atoms with van der Waals surface area (Å²) in [4.78, 5) is 13.5. The fourth-order valence-electron chi connectivity index (χ4n) is 4.03. The first kappa shape index (κ1) is 18.4. The zero-order valence-corrected chi connectivity index (χ0v) is 15.6. The van der Waals surface area contributed by atoms with Gasteiger partial charge in [-0.15, -0.1) is 0 Å². The second-order valence-corrected chi connectivity index (χ2v) is 7.52. The summed E-state index contributed by atoms with van der Waals surface area (Å²) in [6, 6.07) is 18.0. The van der Waals surface area contributed by atoms with Gasteiger partial charge in [0.2, 0.25) is 0 Å². The molecule has 1 N–H and O–H groups in total. The number of hydrogen-bond acceptors (Lipinski definition) is 2. The number of benzene rings is 2. The number of carbonyl (C=O) groups is 1. The average Bonchev–Trinajstić information content (AvgIpc) is 2.63. The summed E-state index contributed by atoms with van der Waals surface area (Å²) >= 11 is 0. The lowest BCUT2D eigenvalue weighted by atomic mass is 9.73. The Morgan fingerprint density at radius 2 is 1.92 bits per heavy atom. The molecule has 0 bridgehead atoms. The highest BCUT2D eigenvalue weighted by atomic mass is 16.4. The van der Waals surface area contributed by atoms with E-state index in [1.165, 1.54) is 17.6 Å². The molecule has 1 fully saturated rings. The quantitative estimate of drug-likeness (QED) is 0.833. The SMILES string of the molecule is CN(C)C[C@H]1CC/C(=C/c2cccc(C(=O)O)c2)C[C@@H]1c1ccccc1. The van der Waals surface area contributed by atoms with Gasteiger partial charge in [0.1, 0.15) is 0 Å². The predicted molar refractivity (Wildman–Crippen MR) is 106 cm³/mol. The van der Waals surface area contributed by atoms with E-state index < -0.39 is 5.97 Å². The number of hydrogen-bond donors (Lipinski definition) is 1. The summed E-state index contributed by atoms with van der Waals surface area (Å²) in [7, 11) is 4.29. The van der Waals surface area contributed by atoms with Gasteiger partial charge in [0.25, 0.3) is 0 Å². The Bertz CT molecular complexity index is 780.